The quantitative estimate of drug-likeness (QED) is 0.921. The van der Waals surface area contributed by atoms with Gasteiger partial charge in [-0.05, 0) is 51.4 Å². The number of rotatable bonds is 3. The van der Waals surface area contributed by atoms with Gasteiger partial charge in [-0.15, -0.1) is 0 Å². The fraction of sp³-hybridized carbons (Fsp3) is 0.667. The van der Waals surface area contributed by atoms with E-state index in [0.717, 1.165) is 19.0 Å². The Labute approximate surface area is 129 Å². The molecule has 2 saturated heterocycles. The molecule has 0 amide bonds. The van der Waals surface area contributed by atoms with Gasteiger partial charge in [0.25, 0.3) is 0 Å². The Balaban J connectivity index is 1.59. The zero-order valence-electron chi connectivity index (χ0n) is 13.5. The van der Waals surface area contributed by atoms with Crippen molar-refractivity contribution in [2.45, 2.75) is 31.8 Å². The molecule has 2 fully saturated rings. The first kappa shape index (κ1) is 15.0. The predicted molar refractivity (Wildman–Crippen MR) is 88.4 cm³/mol. The Bertz CT molecular complexity index is 425. The molecule has 0 aliphatic carbocycles. The highest BCUT2D eigenvalue weighted by atomic mass is 15.2. The molecule has 21 heavy (non-hydrogen) atoms. The van der Waals surface area contributed by atoms with Crippen LogP contribution in [0.15, 0.2) is 30.3 Å². The third-order valence-corrected chi connectivity index (χ3v) is 5.23. The van der Waals surface area contributed by atoms with E-state index in [9.17, 15) is 0 Å². The molecule has 0 spiro atoms. The molecule has 0 aromatic heterocycles. The lowest BCUT2D eigenvalue weighted by atomic mass is 9.94. The zero-order chi connectivity index (χ0) is 14.7. The summed E-state index contributed by atoms with van der Waals surface area (Å²) in [5, 5.41) is 3.71. The van der Waals surface area contributed by atoms with Crippen molar-refractivity contribution in [2.24, 2.45) is 5.92 Å². The SMILES string of the molecule is CC1CNC(c2ccccc2)CN1CC1CCN(C)CC1. The molecule has 0 radical (unpaired) electrons. The molecule has 2 heterocycles. The largest absolute Gasteiger partial charge is 0.307 e. The summed E-state index contributed by atoms with van der Waals surface area (Å²) in [6.45, 7) is 8.44. The summed E-state index contributed by atoms with van der Waals surface area (Å²) in [7, 11) is 2.25. The normalized spacial score (nSPS) is 29.6. The number of piperidine rings is 1. The molecule has 3 nitrogen and oxygen atoms in total. The van der Waals surface area contributed by atoms with E-state index < -0.39 is 0 Å². The first-order chi connectivity index (χ1) is 10.2. The van der Waals surface area contributed by atoms with E-state index in [4.69, 9.17) is 0 Å². The Morgan fingerprint density at radius 3 is 2.57 bits per heavy atom. The first-order valence-electron chi connectivity index (χ1n) is 8.43. The van der Waals surface area contributed by atoms with Crippen molar-refractivity contribution < 1.29 is 0 Å². The second-order valence-corrected chi connectivity index (χ2v) is 6.92. The predicted octanol–water partition coefficient (Wildman–Crippen LogP) is 2.36. The molecule has 2 unspecified atom stereocenters. The van der Waals surface area contributed by atoms with Crippen LogP contribution in [0.25, 0.3) is 0 Å². The van der Waals surface area contributed by atoms with E-state index >= 15 is 0 Å². The maximum atomic E-state index is 3.71. The average Bonchev–Trinajstić information content (AvgIpc) is 2.52. The lowest BCUT2D eigenvalue weighted by Crippen LogP contribution is -2.53. The number of benzene rings is 1. The summed E-state index contributed by atoms with van der Waals surface area (Å²) >= 11 is 0. The molecule has 0 bridgehead atoms. The lowest BCUT2D eigenvalue weighted by molar-refractivity contribution is 0.0966. The maximum absolute atomic E-state index is 3.71. The minimum Gasteiger partial charge on any atom is -0.307 e. The van der Waals surface area contributed by atoms with Crippen molar-refractivity contribution in [2.75, 3.05) is 39.8 Å². The van der Waals surface area contributed by atoms with Gasteiger partial charge < -0.3 is 10.2 Å². The summed E-state index contributed by atoms with van der Waals surface area (Å²) in [6.07, 6.45) is 2.73. The fourth-order valence-electron chi connectivity index (χ4n) is 3.66. The van der Waals surface area contributed by atoms with Gasteiger partial charge in [0.2, 0.25) is 0 Å². The fourth-order valence-corrected chi connectivity index (χ4v) is 3.66. The second-order valence-electron chi connectivity index (χ2n) is 6.92. The van der Waals surface area contributed by atoms with Crippen molar-refractivity contribution in [1.29, 1.82) is 0 Å². The summed E-state index contributed by atoms with van der Waals surface area (Å²) < 4.78 is 0. The molecule has 3 heteroatoms. The summed E-state index contributed by atoms with van der Waals surface area (Å²) in [5.41, 5.74) is 1.43. The van der Waals surface area contributed by atoms with Gasteiger partial charge in [0.15, 0.2) is 0 Å². The molecule has 0 saturated carbocycles. The van der Waals surface area contributed by atoms with Crippen LogP contribution in [0, 0.1) is 5.92 Å². The van der Waals surface area contributed by atoms with Crippen LogP contribution in [-0.4, -0.2) is 55.6 Å². The molecule has 116 valence electrons. The average molecular weight is 287 g/mol. The highest BCUT2D eigenvalue weighted by Crippen LogP contribution is 2.23. The number of piperazine rings is 1. The van der Waals surface area contributed by atoms with Crippen molar-refractivity contribution in [3.8, 4) is 0 Å². The number of nitrogens with one attached hydrogen (secondary N) is 1. The molecule has 3 rings (SSSR count). The Kier molecular flexibility index (Phi) is 4.94. The van der Waals surface area contributed by atoms with Crippen LogP contribution in [0.2, 0.25) is 0 Å². The van der Waals surface area contributed by atoms with Gasteiger partial charge in [0.1, 0.15) is 0 Å². The van der Waals surface area contributed by atoms with Gasteiger partial charge >= 0.3 is 0 Å². The van der Waals surface area contributed by atoms with Crippen LogP contribution in [0.1, 0.15) is 31.4 Å². The van der Waals surface area contributed by atoms with Crippen molar-refractivity contribution in [3.05, 3.63) is 35.9 Å². The molecule has 1 aromatic carbocycles. The van der Waals surface area contributed by atoms with E-state index in [1.807, 2.05) is 0 Å². The minimum absolute atomic E-state index is 0.494. The van der Waals surface area contributed by atoms with Crippen LogP contribution in [0.3, 0.4) is 0 Å². The number of hydrogen-bond donors (Lipinski definition) is 1. The van der Waals surface area contributed by atoms with E-state index in [1.54, 1.807) is 0 Å². The van der Waals surface area contributed by atoms with E-state index in [-0.39, 0.29) is 0 Å². The number of nitrogens with zero attached hydrogens (tertiary/aromatic N) is 2. The van der Waals surface area contributed by atoms with E-state index in [0.29, 0.717) is 12.1 Å². The van der Waals surface area contributed by atoms with Gasteiger partial charge in [0, 0.05) is 31.7 Å². The number of hydrogen-bond acceptors (Lipinski definition) is 3. The molecule has 2 aliphatic rings. The minimum atomic E-state index is 0.494. The molecular formula is C18H29N3. The van der Waals surface area contributed by atoms with Crippen LogP contribution in [-0.2, 0) is 0 Å². The summed E-state index contributed by atoms with van der Waals surface area (Å²) in [6, 6.07) is 12.1. The first-order valence-corrected chi connectivity index (χ1v) is 8.43. The van der Waals surface area contributed by atoms with E-state index in [1.165, 1.54) is 38.0 Å². The summed E-state index contributed by atoms with van der Waals surface area (Å²) in [4.78, 5) is 5.18. The van der Waals surface area contributed by atoms with Gasteiger partial charge in [-0.1, -0.05) is 30.3 Å². The molecule has 1 N–H and O–H groups in total. The third-order valence-electron chi connectivity index (χ3n) is 5.23. The Morgan fingerprint density at radius 1 is 1.14 bits per heavy atom. The highest BCUT2D eigenvalue weighted by molar-refractivity contribution is 5.20. The molecule has 1 aromatic rings. The maximum Gasteiger partial charge on any atom is 0.0449 e. The standard InChI is InChI=1S/C18H29N3/c1-15-12-19-18(17-6-4-3-5-7-17)14-21(15)13-16-8-10-20(2)11-9-16/h3-7,15-16,18-19H,8-14H2,1-2H3. The Hall–Kier alpha value is -0.900. The third kappa shape index (κ3) is 3.85. The second kappa shape index (κ2) is 6.91. The topological polar surface area (TPSA) is 18.5 Å². The van der Waals surface area contributed by atoms with Crippen LogP contribution in [0.4, 0.5) is 0 Å². The monoisotopic (exact) mass is 287 g/mol. The smallest absolute Gasteiger partial charge is 0.0449 e. The van der Waals surface area contributed by atoms with Gasteiger partial charge in [-0.2, -0.15) is 0 Å². The van der Waals surface area contributed by atoms with Crippen molar-refractivity contribution in [1.82, 2.24) is 15.1 Å². The highest BCUT2D eigenvalue weighted by Gasteiger charge is 2.28. The molecular weight excluding hydrogens is 258 g/mol. The molecule has 2 atom stereocenters. The lowest BCUT2D eigenvalue weighted by Gasteiger charge is -2.42. The van der Waals surface area contributed by atoms with E-state index in [2.05, 4.69) is 59.4 Å². The van der Waals surface area contributed by atoms with Gasteiger partial charge in [-0.3, -0.25) is 4.90 Å². The van der Waals surface area contributed by atoms with Gasteiger partial charge in [-0.25, -0.2) is 0 Å². The molecule has 2 aliphatic heterocycles. The Morgan fingerprint density at radius 2 is 1.86 bits per heavy atom. The summed E-state index contributed by atoms with van der Waals surface area (Å²) in [5.74, 6) is 0.887. The van der Waals surface area contributed by atoms with Crippen molar-refractivity contribution in [3.63, 3.8) is 0 Å². The van der Waals surface area contributed by atoms with Crippen molar-refractivity contribution >= 4 is 0 Å². The zero-order valence-corrected chi connectivity index (χ0v) is 13.5. The van der Waals surface area contributed by atoms with Crippen LogP contribution >= 0.6 is 0 Å². The van der Waals surface area contributed by atoms with Crippen LogP contribution < -0.4 is 5.32 Å². The van der Waals surface area contributed by atoms with Gasteiger partial charge in [0.05, 0.1) is 0 Å². The number of likely N-dealkylation sites (tertiary alicyclic amines) is 1. The van der Waals surface area contributed by atoms with Crippen LogP contribution in [0.5, 0.6) is 0 Å².